The molecule has 0 bridgehead atoms. The number of ketones is 1. The maximum atomic E-state index is 12.0. The molecule has 0 fully saturated rings. The summed E-state index contributed by atoms with van der Waals surface area (Å²) in [6.07, 6.45) is 0. The molecule has 0 aliphatic rings. The number of nitrogens with zero attached hydrogens (tertiary/aromatic N) is 2. The summed E-state index contributed by atoms with van der Waals surface area (Å²) in [6, 6.07) is 6.81. The van der Waals surface area contributed by atoms with Crippen molar-refractivity contribution in [2.75, 3.05) is 5.32 Å². The molecule has 2 rings (SSSR count). The molecule has 21 heavy (non-hydrogen) atoms. The number of anilines is 1. The van der Waals surface area contributed by atoms with Gasteiger partial charge in [-0.1, -0.05) is 0 Å². The van der Waals surface area contributed by atoms with Gasteiger partial charge in [0.15, 0.2) is 5.78 Å². The summed E-state index contributed by atoms with van der Waals surface area (Å²) in [6.45, 7) is 5.44. The number of carbonyl (C=O) groups is 2. The van der Waals surface area contributed by atoms with Crippen molar-refractivity contribution in [3.8, 4) is 0 Å². The predicted molar refractivity (Wildman–Crippen MR) is 84.5 cm³/mol. The van der Waals surface area contributed by atoms with Crippen molar-refractivity contribution in [3.63, 3.8) is 0 Å². The van der Waals surface area contributed by atoms with E-state index in [-0.39, 0.29) is 18.2 Å². The second kappa shape index (κ2) is 6.22. The van der Waals surface area contributed by atoms with Crippen molar-refractivity contribution in [3.05, 3.63) is 45.7 Å². The van der Waals surface area contributed by atoms with Crippen LogP contribution in [-0.4, -0.2) is 21.5 Å². The SMILES string of the molecule is CC(=O)c1ccc(NC(=O)Cn2nc(C)c(Br)c2C)cc1. The average molecular weight is 350 g/mol. The molecular formula is C15H16BrN3O2. The second-order valence-electron chi connectivity index (χ2n) is 4.82. The molecule has 5 nitrogen and oxygen atoms in total. The highest BCUT2D eigenvalue weighted by molar-refractivity contribution is 9.10. The van der Waals surface area contributed by atoms with Crippen molar-refractivity contribution < 1.29 is 9.59 Å². The zero-order valence-corrected chi connectivity index (χ0v) is 13.7. The van der Waals surface area contributed by atoms with Crippen LogP contribution in [-0.2, 0) is 11.3 Å². The van der Waals surface area contributed by atoms with Gasteiger partial charge in [-0.3, -0.25) is 14.3 Å². The fraction of sp³-hybridized carbons (Fsp3) is 0.267. The van der Waals surface area contributed by atoms with Crippen molar-refractivity contribution in [2.24, 2.45) is 0 Å². The highest BCUT2D eigenvalue weighted by Crippen LogP contribution is 2.19. The first-order valence-electron chi connectivity index (χ1n) is 6.49. The molecule has 1 heterocycles. The highest BCUT2D eigenvalue weighted by atomic mass is 79.9. The van der Waals surface area contributed by atoms with E-state index >= 15 is 0 Å². The normalized spacial score (nSPS) is 10.5. The Bertz CT molecular complexity index is 690. The van der Waals surface area contributed by atoms with E-state index in [4.69, 9.17) is 0 Å². The fourth-order valence-electron chi connectivity index (χ4n) is 1.95. The molecule has 0 spiro atoms. The molecule has 1 N–H and O–H groups in total. The van der Waals surface area contributed by atoms with Crippen LogP contribution in [0.2, 0.25) is 0 Å². The molecule has 0 saturated carbocycles. The van der Waals surface area contributed by atoms with Crippen LogP contribution in [0.1, 0.15) is 28.7 Å². The summed E-state index contributed by atoms with van der Waals surface area (Å²) in [4.78, 5) is 23.2. The van der Waals surface area contributed by atoms with Crippen LogP contribution in [0.5, 0.6) is 0 Å². The summed E-state index contributed by atoms with van der Waals surface area (Å²) in [7, 11) is 0. The number of amides is 1. The monoisotopic (exact) mass is 349 g/mol. The summed E-state index contributed by atoms with van der Waals surface area (Å²) in [5.74, 6) is -0.163. The van der Waals surface area contributed by atoms with Gasteiger partial charge >= 0.3 is 0 Å². The molecule has 0 aliphatic heterocycles. The van der Waals surface area contributed by atoms with E-state index in [0.717, 1.165) is 15.9 Å². The minimum Gasteiger partial charge on any atom is -0.324 e. The number of hydrogen-bond donors (Lipinski definition) is 1. The maximum Gasteiger partial charge on any atom is 0.246 e. The first-order chi connectivity index (χ1) is 9.88. The molecule has 0 aliphatic carbocycles. The maximum absolute atomic E-state index is 12.0. The van der Waals surface area contributed by atoms with Crippen LogP contribution in [0.25, 0.3) is 0 Å². The number of aromatic nitrogens is 2. The quantitative estimate of drug-likeness (QED) is 0.862. The summed E-state index contributed by atoms with van der Waals surface area (Å²) in [5.41, 5.74) is 3.04. The first-order valence-corrected chi connectivity index (χ1v) is 7.28. The number of Topliss-reactive ketones (excluding diaryl/α,β-unsaturated/α-hetero) is 1. The molecule has 1 aromatic heterocycles. The Kier molecular flexibility index (Phi) is 4.57. The summed E-state index contributed by atoms with van der Waals surface area (Å²) in [5, 5.41) is 7.08. The third-order valence-electron chi connectivity index (χ3n) is 3.16. The largest absolute Gasteiger partial charge is 0.324 e. The number of hydrogen-bond acceptors (Lipinski definition) is 3. The van der Waals surface area contributed by atoms with Gasteiger partial charge in [0.05, 0.1) is 15.9 Å². The van der Waals surface area contributed by atoms with E-state index in [1.807, 2.05) is 13.8 Å². The Morgan fingerprint density at radius 1 is 1.24 bits per heavy atom. The predicted octanol–water partition coefficient (Wildman–Crippen LogP) is 3.10. The van der Waals surface area contributed by atoms with Crippen LogP contribution >= 0.6 is 15.9 Å². The molecule has 1 aromatic carbocycles. The van der Waals surface area contributed by atoms with Gasteiger partial charge in [-0.25, -0.2) is 0 Å². The molecule has 0 atom stereocenters. The number of halogens is 1. The van der Waals surface area contributed by atoms with Gasteiger partial charge in [-0.2, -0.15) is 5.10 Å². The van der Waals surface area contributed by atoms with E-state index in [9.17, 15) is 9.59 Å². The van der Waals surface area contributed by atoms with Gasteiger partial charge in [-0.15, -0.1) is 0 Å². The third kappa shape index (κ3) is 3.58. The van der Waals surface area contributed by atoms with Crippen LogP contribution in [0.3, 0.4) is 0 Å². The number of carbonyl (C=O) groups excluding carboxylic acids is 2. The van der Waals surface area contributed by atoms with Crippen molar-refractivity contribution in [2.45, 2.75) is 27.3 Å². The van der Waals surface area contributed by atoms with Crippen LogP contribution in [0.4, 0.5) is 5.69 Å². The van der Waals surface area contributed by atoms with E-state index < -0.39 is 0 Å². The first kappa shape index (κ1) is 15.4. The van der Waals surface area contributed by atoms with Gasteiger partial charge < -0.3 is 5.32 Å². The number of benzene rings is 1. The smallest absolute Gasteiger partial charge is 0.246 e. The van der Waals surface area contributed by atoms with E-state index in [0.29, 0.717) is 11.3 Å². The molecule has 0 unspecified atom stereocenters. The Morgan fingerprint density at radius 2 is 1.86 bits per heavy atom. The molecule has 0 saturated heterocycles. The third-order valence-corrected chi connectivity index (χ3v) is 4.31. The molecule has 0 radical (unpaired) electrons. The Morgan fingerprint density at radius 3 is 2.33 bits per heavy atom. The molecule has 6 heteroatoms. The standard InChI is InChI=1S/C15H16BrN3O2/c1-9-15(16)10(2)19(18-9)8-14(21)17-13-6-4-12(5-7-13)11(3)20/h4-7H,8H2,1-3H3,(H,17,21). The Labute approximate surface area is 131 Å². The van der Waals surface area contributed by atoms with Crippen LogP contribution < -0.4 is 5.32 Å². The van der Waals surface area contributed by atoms with E-state index in [1.54, 1.807) is 28.9 Å². The topological polar surface area (TPSA) is 64.0 Å². The zero-order valence-electron chi connectivity index (χ0n) is 12.1. The van der Waals surface area contributed by atoms with Crippen molar-refractivity contribution in [1.82, 2.24) is 9.78 Å². The summed E-state index contributed by atoms with van der Waals surface area (Å²) < 4.78 is 2.57. The highest BCUT2D eigenvalue weighted by Gasteiger charge is 2.12. The second-order valence-corrected chi connectivity index (χ2v) is 5.62. The molecule has 110 valence electrons. The molecular weight excluding hydrogens is 334 g/mol. The number of aryl methyl sites for hydroxylation is 1. The fourth-order valence-corrected chi connectivity index (χ4v) is 2.24. The Hall–Kier alpha value is -1.95. The molecule has 1 amide bonds. The summed E-state index contributed by atoms with van der Waals surface area (Å²) >= 11 is 3.43. The Balaban J connectivity index is 2.04. The average Bonchev–Trinajstić information content (AvgIpc) is 2.67. The van der Waals surface area contributed by atoms with Gasteiger partial charge in [0.1, 0.15) is 6.54 Å². The van der Waals surface area contributed by atoms with Gasteiger partial charge in [0.2, 0.25) is 5.91 Å². The van der Waals surface area contributed by atoms with Crippen molar-refractivity contribution >= 4 is 33.3 Å². The lowest BCUT2D eigenvalue weighted by atomic mass is 10.1. The number of nitrogens with one attached hydrogen (secondary N) is 1. The van der Waals surface area contributed by atoms with Gasteiger partial charge in [0.25, 0.3) is 0 Å². The minimum absolute atomic E-state index is 0.000341. The van der Waals surface area contributed by atoms with Crippen molar-refractivity contribution in [1.29, 1.82) is 0 Å². The van der Waals surface area contributed by atoms with E-state index in [2.05, 4.69) is 26.3 Å². The lowest BCUT2D eigenvalue weighted by molar-refractivity contribution is -0.116. The van der Waals surface area contributed by atoms with Gasteiger partial charge in [-0.05, 0) is 61.0 Å². The van der Waals surface area contributed by atoms with Gasteiger partial charge in [0, 0.05) is 11.3 Å². The number of rotatable bonds is 4. The van der Waals surface area contributed by atoms with Crippen LogP contribution in [0, 0.1) is 13.8 Å². The zero-order chi connectivity index (χ0) is 15.6. The van der Waals surface area contributed by atoms with Crippen LogP contribution in [0.15, 0.2) is 28.7 Å². The lowest BCUT2D eigenvalue weighted by Gasteiger charge is -2.07. The minimum atomic E-state index is -0.163. The molecule has 2 aromatic rings. The van der Waals surface area contributed by atoms with E-state index in [1.165, 1.54) is 6.92 Å². The lowest BCUT2D eigenvalue weighted by Crippen LogP contribution is -2.20.